The van der Waals surface area contributed by atoms with E-state index in [1.165, 1.54) is 39.8 Å². The number of aliphatic hydroxyl groups is 3. The minimum Gasteiger partial charge on any atom is -0.456 e. The molecule has 2 aromatic rings. The van der Waals surface area contributed by atoms with E-state index in [1.807, 2.05) is 6.92 Å². The number of esters is 3. The minimum absolute atomic E-state index is 0.0291. The van der Waals surface area contributed by atoms with Gasteiger partial charge in [0.2, 0.25) is 0 Å². The predicted molar refractivity (Wildman–Crippen MR) is 215 cm³/mol. The van der Waals surface area contributed by atoms with E-state index in [-0.39, 0.29) is 36.3 Å². The standard InChI is InChI=1S/C45H55NO16/c1-8-9-20-57-40(53)46-32(26-16-12-10-13-17-26)33(49)39(52)60-28-22-45(55)37(61-38(51)27-18-14-11-15-19-27)35-43(6,29(48)21-30-44(35,23-58-30)62-41(54)56-7)36(50)34(59-25(3)47)31(24(28)2)42(45,4)5/h10-19,28-30,32-35,37,48-49,55H,8-9,20-23H2,1-7H3,(H,46,53)/t28-,29-,30?,32-,33+,34+,35?,37-,43+,44-,45+/m0/s1. The van der Waals surface area contributed by atoms with Crippen LogP contribution in [0.1, 0.15) is 89.2 Å². The summed E-state index contributed by atoms with van der Waals surface area (Å²) < 4.78 is 40.2. The van der Waals surface area contributed by atoms with Crippen LogP contribution in [0.2, 0.25) is 0 Å². The molecule has 0 radical (unpaired) electrons. The number of nitrogens with one attached hydrogen (secondary N) is 1. The van der Waals surface area contributed by atoms with Crippen LogP contribution < -0.4 is 5.32 Å². The second kappa shape index (κ2) is 17.8. The molecule has 17 heteroatoms. The lowest BCUT2D eigenvalue weighted by atomic mass is 9.44. The van der Waals surface area contributed by atoms with E-state index in [9.17, 15) is 39.3 Å². The lowest BCUT2D eigenvalue weighted by molar-refractivity contribution is -0.344. The number of aliphatic hydroxyl groups excluding tert-OH is 2. The molecular weight excluding hydrogens is 810 g/mol. The third kappa shape index (κ3) is 7.95. The van der Waals surface area contributed by atoms with E-state index < -0.39 is 113 Å². The van der Waals surface area contributed by atoms with Gasteiger partial charge in [-0.15, -0.1) is 0 Å². The summed E-state index contributed by atoms with van der Waals surface area (Å²) in [6.45, 7) is 8.63. The Hall–Kier alpha value is -5.36. The molecule has 1 saturated heterocycles. The fraction of sp³-hybridized carbons (Fsp3) is 0.556. The van der Waals surface area contributed by atoms with Gasteiger partial charge in [-0.25, -0.2) is 19.2 Å². The molecule has 62 heavy (non-hydrogen) atoms. The first kappa shape index (κ1) is 46.2. The van der Waals surface area contributed by atoms with Crippen molar-refractivity contribution in [3.63, 3.8) is 0 Å². The smallest absolute Gasteiger partial charge is 0.456 e. The summed E-state index contributed by atoms with van der Waals surface area (Å²) in [6, 6.07) is 14.5. The number of hydrogen-bond acceptors (Lipinski definition) is 16. The van der Waals surface area contributed by atoms with Crippen LogP contribution in [-0.2, 0) is 47.5 Å². The molecule has 1 amide bonds. The van der Waals surface area contributed by atoms with E-state index in [0.29, 0.717) is 12.0 Å². The highest BCUT2D eigenvalue weighted by molar-refractivity contribution is 5.95. The zero-order valence-corrected chi connectivity index (χ0v) is 35.8. The van der Waals surface area contributed by atoms with Crippen LogP contribution in [0.4, 0.5) is 9.59 Å². The van der Waals surface area contributed by atoms with Crippen LogP contribution in [0.3, 0.4) is 0 Å². The highest BCUT2D eigenvalue weighted by Crippen LogP contribution is 2.64. The topological polar surface area (TPSA) is 240 Å². The Morgan fingerprint density at radius 3 is 2.19 bits per heavy atom. The zero-order chi connectivity index (χ0) is 45.4. The van der Waals surface area contributed by atoms with Crippen LogP contribution in [0.15, 0.2) is 71.8 Å². The Morgan fingerprint density at radius 2 is 1.61 bits per heavy atom. The van der Waals surface area contributed by atoms with E-state index in [0.717, 1.165) is 20.5 Å². The highest BCUT2D eigenvalue weighted by atomic mass is 16.8. The molecule has 3 aliphatic carbocycles. The number of alkyl carbamates (subject to hydrolysis) is 1. The van der Waals surface area contributed by atoms with Gasteiger partial charge in [-0.05, 0) is 49.1 Å². The maximum Gasteiger partial charge on any atom is 0.508 e. The van der Waals surface area contributed by atoms with Gasteiger partial charge in [0.25, 0.3) is 0 Å². The summed E-state index contributed by atoms with van der Waals surface area (Å²) >= 11 is 0. The summed E-state index contributed by atoms with van der Waals surface area (Å²) in [5.74, 6) is -5.67. The number of methoxy groups -OCH3 is 1. The van der Waals surface area contributed by atoms with E-state index >= 15 is 4.79 Å². The van der Waals surface area contributed by atoms with Crippen molar-refractivity contribution in [1.82, 2.24) is 5.32 Å². The van der Waals surface area contributed by atoms with Gasteiger partial charge in [-0.3, -0.25) is 9.59 Å². The second-order valence-corrected chi connectivity index (χ2v) is 17.1. The molecule has 2 bridgehead atoms. The average Bonchev–Trinajstić information content (AvgIpc) is 3.24. The monoisotopic (exact) mass is 865 g/mol. The molecule has 2 unspecified atom stereocenters. The number of benzene rings is 2. The molecule has 4 N–H and O–H groups in total. The summed E-state index contributed by atoms with van der Waals surface area (Å²) in [4.78, 5) is 82.9. The Morgan fingerprint density at radius 1 is 0.968 bits per heavy atom. The summed E-state index contributed by atoms with van der Waals surface area (Å²) in [5.41, 5.74) is -7.64. The van der Waals surface area contributed by atoms with Gasteiger partial charge >= 0.3 is 30.2 Å². The third-order valence-corrected chi connectivity index (χ3v) is 13.3. The molecule has 2 saturated carbocycles. The Labute approximate surface area is 359 Å². The van der Waals surface area contributed by atoms with Crippen molar-refractivity contribution in [3.8, 4) is 0 Å². The van der Waals surface area contributed by atoms with Crippen molar-refractivity contribution in [3.05, 3.63) is 82.9 Å². The van der Waals surface area contributed by atoms with Gasteiger partial charge in [-0.1, -0.05) is 75.7 Å². The van der Waals surface area contributed by atoms with Crippen molar-refractivity contribution in [1.29, 1.82) is 0 Å². The SMILES string of the molecule is CCCCOC(=O)N[C@@H](c1ccccc1)[C@@H](O)C(=O)O[C@H]1C[C@@]2(O)[C@@H](OC(=O)c3ccccc3)C3[C@]4(OC(=O)OC)COC4C[C@H](O)[C@@]3(C)C(=O)[C@H](OC(C)=O)C(=C1C)C2(C)C. The largest absolute Gasteiger partial charge is 0.508 e. The van der Waals surface area contributed by atoms with Crippen molar-refractivity contribution >= 4 is 35.9 Å². The normalized spacial score (nSPS) is 31.8. The number of rotatable bonds is 12. The Kier molecular flexibility index (Phi) is 13.2. The number of fused-ring (bicyclic) bond motifs is 5. The molecule has 6 rings (SSSR count). The number of ketones is 1. The quantitative estimate of drug-likeness (QED) is 0.102. The maximum absolute atomic E-state index is 15.5. The Balaban J connectivity index is 1.53. The van der Waals surface area contributed by atoms with Gasteiger partial charge in [0.05, 0.1) is 49.4 Å². The van der Waals surface area contributed by atoms with Crippen LogP contribution in [0.5, 0.6) is 0 Å². The van der Waals surface area contributed by atoms with Crippen LogP contribution in [0.25, 0.3) is 0 Å². The first-order chi connectivity index (χ1) is 29.3. The first-order valence-corrected chi connectivity index (χ1v) is 20.6. The number of carbonyl (C=O) groups is 6. The van der Waals surface area contributed by atoms with Crippen molar-refractivity contribution in [2.75, 3.05) is 20.3 Å². The number of Topliss-reactive ketones (excluding diaryl/α,β-unsaturated/α-hetero) is 1. The van der Waals surface area contributed by atoms with Gasteiger partial charge in [0.15, 0.2) is 23.6 Å². The van der Waals surface area contributed by atoms with Crippen molar-refractivity contribution < 1.29 is 77.2 Å². The van der Waals surface area contributed by atoms with E-state index in [1.54, 1.807) is 48.5 Å². The zero-order valence-electron chi connectivity index (χ0n) is 35.8. The number of carbonyl (C=O) groups excluding carboxylic acids is 6. The summed E-state index contributed by atoms with van der Waals surface area (Å²) in [7, 11) is 1.07. The van der Waals surface area contributed by atoms with Gasteiger partial charge in [-0.2, -0.15) is 0 Å². The molecular formula is C45H55NO16. The fourth-order valence-corrected chi connectivity index (χ4v) is 9.78. The number of amides is 1. The first-order valence-electron chi connectivity index (χ1n) is 20.6. The molecule has 3 fully saturated rings. The molecule has 4 aliphatic rings. The second-order valence-electron chi connectivity index (χ2n) is 17.1. The number of hydrogen-bond donors (Lipinski definition) is 4. The summed E-state index contributed by atoms with van der Waals surface area (Å²) in [5, 5.41) is 39.9. The molecule has 1 heterocycles. The van der Waals surface area contributed by atoms with E-state index in [4.69, 9.17) is 33.2 Å². The maximum atomic E-state index is 15.5. The van der Waals surface area contributed by atoms with Gasteiger partial charge in [0, 0.05) is 25.2 Å². The Bertz CT molecular complexity index is 2070. The molecule has 11 atom stereocenters. The lowest BCUT2D eigenvalue weighted by Gasteiger charge is -2.67. The van der Waals surface area contributed by atoms with Crippen molar-refractivity contribution in [2.24, 2.45) is 16.7 Å². The molecule has 1 aliphatic heterocycles. The van der Waals surface area contributed by atoms with Gasteiger partial charge < -0.3 is 53.8 Å². The summed E-state index contributed by atoms with van der Waals surface area (Å²) in [6.07, 6.45) is -11.6. The van der Waals surface area contributed by atoms with Crippen molar-refractivity contribution in [2.45, 2.75) is 121 Å². The predicted octanol–water partition coefficient (Wildman–Crippen LogP) is 4.05. The molecule has 0 spiro atoms. The number of ether oxygens (including phenoxy) is 7. The highest BCUT2D eigenvalue weighted by Gasteiger charge is 2.78. The van der Waals surface area contributed by atoms with Crippen LogP contribution in [-0.4, -0.2) is 119 Å². The lowest BCUT2D eigenvalue weighted by Crippen LogP contribution is -2.82. The molecule has 17 nitrogen and oxygen atoms in total. The van der Waals surface area contributed by atoms with Crippen LogP contribution >= 0.6 is 0 Å². The molecule has 0 aromatic heterocycles. The number of unbranched alkanes of at least 4 members (excludes halogenated alkanes) is 1. The van der Waals surface area contributed by atoms with Crippen LogP contribution in [0, 0.1) is 16.7 Å². The van der Waals surface area contributed by atoms with E-state index in [2.05, 4.69) is 5.32 Å². The fourth-order valence-electron chi connectivity index (χ4n) is 9.78. The minimum atomic E-state index is -2.43. The molecule has 336 valence electrons. The average molecular weight is 866 g/mol. The molecule has 2 aromatic carbocycles. The van der Waals surface area contributed by atoms with Gasteiger partial charge in [0.1, 0.15) is 23.9 Å². The third-order valence-electron chi connectivity index (χ3n) is 13.3.